The molecule has 1 fully saturated rings. The Hall–Kier alpha value is -1.56. The van der Waals surface area contributed by atoms with Crippen molar-refractivity contribution in [3.05, 3.63) is 28.2 Å². The van der Waals surface area contributed by atoms with Crippen LogP contribution < -0.4 is 10.6 Å². The maximum atomic E-state index is 11.6. The van der Waals surface area contributed by atoms with Gasteiger partial charge in [0, 0.05) is 24.0 Å². The van der Waals surface area contributed by atoms with E-state index in [0.717, 1.165) is 36.1 Å². The van der Waals surface area contributed by atoms with Gasteiger partial charge in [0.05, 0.1) is 11.3 Å². The molecule has 0 bridgehead atoms. The molecule has 1 aliphatic heterocycles. The van der Waals surface area contributed by atoms with Crippen molar-refractivity contribution < 1.29 is 14.7 Å². The molecular weight excluding hydrogens is 336 g/mol. The topological polar surface area (TPSA) is 83.6 Å². The van der Waals surface area contributed by atoms with E-state index >= 15 is 0 Å². The molecule has 21 heavy (non-hydrogen) atoms. The van der Waals surface area contributed by atoms with E-state index in [2.05, 4.69) is 20.8 Å². The Bertz CT molecular complexity index is 548. The Morgan fingerprint density at radius 1 is 1.43 bits per heavy atom. The number of carboxylic acid groups (broad SMARTS) is 1. The smallest absolute Gasteiger partial charge is 0.303 e. The number of carboxylic acids is 1. The number of anilines is 1. The molecule has 1 aliphatic rings. The van der Waals surface area contributed by atoms with Crippen LogP contribution in [-0.2, 0) is 4.79 Å². The fourth-order valence-corrected chi connectivity index (χ4v) is 3.17. The van der Waals surface area contributed by atoms with E-state index in [9.17, 15) is 9.59 Å². The van der Waals surface area contributed by atoms with E-state index in [1.807, 2.05) is 6.07 Å². The number of halogens is 1. The number of hydrogen-bond donors (Lipinski definition) is 2. The Morgan fingerprint density at radius 3 is 2.86 bits per heavy atom. The predicted octanol–water partition coefficient (Wildman–Crippen LogP) is 2.63. The molecule has 5 nitrogen and oxygen atoms in total. The third kappa shape index (κ3) is 4.20. The molecule has 2 rings (SSSR count). The summed E-state index contributed by atoms with van der Waals surface area (Å²) in [5.41, 5.74) is 6.79. The molecule has 0 aromatic heterocycles. The Balaban J connectivity index is 2.15. The lowest BCUT2D eigenvalue weighted by atomic mass is 9.92. The number of aliphatic carboxylic acids is 1. The first-order valence-corrected chi connectivity index (χ1v) is 7.82. The predicted molar refractivity (Wildman–Crippen MR) is 84.5 cm³/mol. The molecular formula is C15H19BrN2O3. The lowest BCUT2D eigenvalue weighted by molar-refractivity contribution is -0.137. The SMILES string of the molecule is NC(=O)c1ccc(Br)cc1N1CCCC(CCC(=O)O)C1. The zero-order valence-corrected chi connectivity index (χ0v) is 13.3. The minimum atomic E-state index is -0.757. The van der Waals surface area contributed by atoms with E-state index in [0.29, 0.717) is 17.9 Å². The highest BCUT2D eigenvalue weighted by molar-refractivity contribution is 9.10. The highest BCUT2D eigenvalue weighted by atomic mass is 79.9. The summed E-state index contributed by atoms with van der Waals surface area (Å²) in [5, 5.41) is 8.80. The molecule has 1 atom stereocenters. The summed E-state index contributed by atoms with van der Waals surface area (Å²) < 4.78 is 0.898. The van der Waals surface area contributed by atoms with Gasteiger partial charge in [-0.1, -0.05) is 15.9 Å². The van der Waals surface area contributed by atoms with Gasteiger partial charge in [-0.2, -0.15) is 0 Å². The van der Waals surface area contributed by atoms with Crippen LogP contribution in [0.2, 0.25) is 0 Å². The van der Waals surface area contributed by atoms with Gasteiger partial charge >= 0.3 is 5.97 Å². The number of nitrogens with two attached hydrogens (primary N) is 1. The average molecular weight is 355 g/mol. The normalized spacial score (nSPS) is 18.5. The minimum Gasteiger partial charge on any atom is -0.481 e. The second-order valence-corrected chi connectivity index (χ2v) is 6.33. The van der Waals surface area contributed by atoms with Gasteiger partial charge in [0.15, 0.2) is 0 Å². The molecule has 1 amide bonds. The van der Waals surface area contributed by atoms with Gasteiger partial charge in [-0.25, -0.2) is 0 Å². The van der Waals surface area contributed by atoms with E-state index in [1.165, 1.54) is 0 Å². The summed E-state index contributed by atoms with van der Waals surface area (Å²) in [4.78, 5) is 24.4. The number of piperidine rings is 1. The molecule has 0 aliphatic carbocycles. The first kappa shape index (κ1) is 15.8. The molecule has 3 N–H and O–H groups in total. The van der Waals surface area contributed by atoms with E-state index in [1.54, 1.807) is 12.1 Å². The molecule has 114 valence electrons. The van der Waals surface area contributed by atoms with E-state index in [-0.39, 0.29) is 6.42 Å². The maximum absolute atomic E-state index is 11.6. The second-order valence-electron chi connectivity index (χ2n) is 5.41. The molecule has 6 heteroatoms. The van der Waals surface area contributed by atoms with Crippen LogP contribution in [-0.4, -0.2) is 30.1 Å². The molecule has 0 saturated carbocycles. The van der Waals surface area contributed by atoms with Crippen molar-refractivity contribution in [1.82, 2.24) is 0 Å². The van der Waals surface area contributed by atoms with Gasteiger partial charge in [0.1, 0.15) is 0 Å². The average Bonchev–Trinajstić information content (AvgIpc) is 2.45. The molecule has 1 saturated heterocycles. The number of primary amides is 1. The Kier molecular flexibility index (Phi) is 5.22. The first-order valence-electron chi connectivity index (χ1n) is 7.03. The van der Waals surface area contributed by atoms with Crippen LogP contribution in [0.4, 0.5) is 5.69 Å². The van der Waals surface area contributed by atoms with Crippen LogP contribution in [0.5, 0.6) is 0 Å². The summed E-state index contributed by atoms with van der Waals surface area (Å²) >= 11 is 3.42. The third-order valence-corrected chi connectivity index (χ3v) is 4.34. The quantitative estimate of drug-likeness (QED) is 0.851. The number of amides is 1. The van der Waals surface area contributed by atoms with Gasteiger partial charge in [0.2, 0.25) is 0 Å². The number of benzene rings is 1. The van der Waals surface area contributed by atoms with Crippen molar-refractivity contribution in [1.29, 1.82) is 0 Å². The molecule has 1 heterocycles. The zero-order valence-electron chi connectivity index (χ0n) is 11.7. The van der Waals surface area contributed by atoms with Crippen LogP contribution in [0.3, 0.4) is 0 Å². The molecule has 0 radical (unpaired) electrons. The standard InChI is InChI=1S/C15H19BrN2O3/c16-11-4-5-12(15(17)21)13(8-11)18-7-1-2-10(9-18)3-6-14(19)20/h4-5,8,10H,1-3,6-7,9H2,(H2,17,21)(H,19,20). The van der Waals surface area contributed by atoms with Crippen LogP contribution in [0, 0.1) is 5.92 Å². The van der Waals surface area contributed by atoms with Crippen LogP contribution in [0.25, 0.3) is 0 Å². The summed E-state index contributed by atoms with van der Waals surface area (Å²) in [6, 6.07) is 5.43. The monoisotopic (exact) mass is 354 g/mol. The van der Waals surface area contributed by atoms with Crippen molar-refractivity contribution in [2.45, 2.75) is 25.7 Å². The lowest BCUT2D eigenvalue weighted by Crippen LogP contribution is -2.37. The van der Waals surface area contributed by atoms with E-state index < -0.39 is 11.9 Å². The number of rotatable bonds is 5. The second kappa shape index (κ2) is 6.93. The number of carbonyl (C=O) groups excluding carboxylic acids is 1. The van der Waals surface area contributed by atoms with Crippen molar-refractivity contribution in [3.63, 3.8) is 0 Å². The van der Waals surface area contributed by atoms with Crippen molar-refractivity contribution in [2.24, 2.45) is 11.7 Å². The Labute approximate surface area is 132 Å². The van der Waals surface area contributed by atoms with Gasteiger partial charge in [-0.3, -0.25) is 9.59 Å². The maximum Gasteiger partial charge on any atom is 0.303 e. The Morgan fingerprint density at radius 2 is 2.19 bits per heavy atom. The third-order valence-electron chi connectivity index (χ3n) is 3.85. The molecule has 1 aromatic rings. The summed E-state index contributed by atoms with van der Waals surface area (Å²) in [6.45, 7) is 1.63. The molecule has 1 unspecified atom stereocenters. The van der Waals surface area contributed by atoms with Crippen molar-refractivity contribution >= 4 is 33.5 Å². The lowest BCUT2D eigenvalue weighted by Gasteiger charge is -2.35. The minimum absolute atomic E-state index is 0.194. The van der Waals surface area contributed by atoms with Gasteiger partial charge < -0.3 is 15.7 Å². The van der Waals surface area contributed by atoms with Crippen LogP contribution >= 0.6 is 15.9 Å². The van der Waals surface area contributed by atoms with Crippen molar-refractivity contribution in [2.75, 3.05) is 18.0 Å². The highest BCUT2D eigenvalue weighted by Crippen LogP contribution is 2.30. The van der Waals surface area contributed by atoms with Crippen LogP contribution in [0.15, 0.2) is 22.7 Å². The first-order chi connectivity index (χ1) is 9.97. The van der Waals surface area contributed by atoms with Gasteiger partial charge in [0.25, 0.3) is 5.91 Å². The van der Waals surface area contributed by atoms with Crippen LogP contribution in [0.1, 0.15) is 36.0 Å². The van der Waals surface area contributed by atoms with Gasteiger partial charge in [-0.05, 0) is 43.4 Å². The molecule has 1 aromatic carbocycles. The fraction of sp³-hybridized carbons (Fsp3) is 0.467. The van der Waals surface area contributed by atoms with Gasteiger partial charge in [-0.15, -0.1) is 0 Å². The largest absolute Gasteiger partial charge is 0.481 e. The zero-order chi connectivity index (χ0) is 15.4. The fourth-order valence-electron chi connectivity index (χ4n) is 2.82. The van der Waals surface area contributed by atoms with E-state index in [4.69, 9.17) is 10.8 Å². The number of carbonyl (C=O) groups is 2. The molecule has 0 spiro atoms. The summed E-state index contributed by atoms with van der Waals surface area (Å²) in [5.74, 6) is -0.855. The summed E-state index contributed by atoms with van der Waals surface area (Å²) in [6.07, 6.45) is 2.89. The van der Waals surface area contributed by atoms with Crippen molar-refractivity contribution in [3.8, 4) is 0 Å². The highest BCUT2D eigenvalue weighted by Gasteiger charge is 2.23. The number of nitrogens with zero attached hydrogens (tertiary/aromatic N) is 1. The summed E-state index contributed by atoms with van der Waals surface area (Å²) in [7, 11) is 0. The number of hydrogen-bond acceptors (Lipinski definition) is 3.